The van der Waals surface area contributed by atoms with Crippen LogP contribution < -0.4 is 0 Å². The molecule has 0 saturated heterocycles. The van der Waals surface area contributed by atoms with Gasteiger partial charge >= 0.3 is 5.97 Å². The van der Waals surface area contributed by atoms with Gasteiger partial charge in [-0.2, -0.15) is 0 Å². The molecule has 24 heavy (non-hydrogen) atoms. The highest BCUT2D eigenvalue weighted by Gasteiger charge is 2.59. The third kappa shape index (κ3) is 2.30. The monoisotopic (exact) mass is 330 g/mol. The van der Waals surface area contributed by atoms with Gasteiger partial charge in [0.25, 0.3) is 0 Å². The van der Waals surface area contributed by atoms with Crippen LogP contribution in [0.4, 0.5) is 0 Å². The van der Waals surface area contributed by atoms with Gasteiger partial charge in [-0.15, -0.1) is 0 Å². The van der Waals surface area contributed by atoms with Crippen LogP contribution in [-0.2, 0) is 14.3 Å². The second kappa shape index (κ2) is 5.44. The van der Waals surface area contributed by atoms with Gasteiger partial charge in [0.15, 0.2) is 5.78 Å². The Morgan fingerprint density at radius 1 is 1.12 bits per heavy atom. The lowest BCUT2D eigenvalue weighted by molar-refractivity contribution is -0.157. The van der Waals surface area contributed by atoms with Gasteiger partial charge in [0.05, 0.1) is 0 Å². The molecule has 0 N–H and O–H groups in total. The topological polar surface area (TPSA) is 43.4 Å². The first-order chi connectivity index (χ1) is 11.3. The zero-order valence-corrected chi connectivity index (χ0v) is 15.2. The number of ether oxygens (including phenoxy) is 1. The number of ketones is 1. The molecule has 0 aromatic heterocycles. The van der Waals surface area contributed by atoms with Crippen molar-refractivity contribution in [2.45, 2.75) is 71.8 Å². The number of esters is 1. The molecule has 7 atom stereocenters. The largest absolute Gasteiger partial charge is 0.462 e. The number of carbonyl (C=O) groups excluding carboxylic acids is 2. The number of fused-ring (bicyclic) bond motifs is 5. The summed E-state index contributed by atoms with van der Waals surface area (Å²) in [4.78, 5) is 23.4. The third-order valence-electron chi connectivity index (χ3n) is 8.10. The predicted octanol–water partition coefficient (Wildman–Crippen LogP) is 4.31. The van der Waals surface area contributed by atoms with E-state index in [2.05, 4.69) is 19.9 Å². The second-order valence-electron chi connectivity index (χ2n) is 9.37. The summed E-state index contributed by atoms with van der Waals surface area (Å²) in [6, 6.07) is 0. The van der Waals surface area contributed by atoms with Crippen molar-refractivity contribution in [3.63, 3.8) is 0 Å². The van der Waals surface area contributed by atoms with Crippen LogP contribution in [0.5, 0.6) is 0 Å². The summed E-state index contributed by atoms with van der Waals surface area (Å²) in [5.74, 6) is 2.86. The second-order valence-corrected chi connectivity index (χ2v) is 9.37. The van der Waals surface area contributed by atoms with E-state index in [0.29, 0.717) is 23.5 Å². The smallest absolute Gasteiger partial charge is 0.302 e. The van der Waals surface area contributed by atoms with Crippen LogP contribution in [0.25, 0.3) is 0 Å². The van der Waals surface area contributed by atoms with Crippen molar-refractivity contribution in [3.05, 3.63) is 12.2 Å². The normalized spacial score (nSPS) is 50.0. The predicted molar refractivity (Wildman–Crippen MR) is 92.2 cm³/mol. The van der Waals surface area contributed by atoms with E-state index in [-0.39, 0.29) is 22.9 Å². The fraction of sp³-hybridized carbons (Fsp3) is 0.810. The molecule has 4 aliphatic carbocycles. The van der Waals surface area contributed by atoms with E-state index >= 15 is 0 Å². The van der Waals surface area contributed by atoms with Crippen molar-refractivity contribution in [1.29, 1.82) is 0 Å². The number of carbonyl (C=O) groups is 2. The highest BCUT2D eigenvalue weighted by molar-refractivity contribution is 5.91. The highest BCUT2D eigenvalue weighted by atomic mass is 16.5. The molecule has 0 spiro atoms. The van der Waals surface area contributed by atoms with E-state index < -0.39 is 0 Å². The summed E-state index contributed by atoms with van der Waals surface area (Å²) in [6.45, 7) is 6.24. The molecule has 0 aliphatic heterocycles. The summed E-state index contributed by atoms with van der Waals surface area (Å²) in [5.41, 5.74) is 0.337. The van der Waals surface area contributed by atoms with Crippen molar-refractivity contribution in [2.24, 2.45) is 34.5 Å². The Hall–Kier alpha value is -1.12. The Balaban J connectivity index is 1.60. The van der Waals surface area contributed by atoms with Gasteiger partial charge in [0, 0.05) is 18.8 Å². The summed E-state index contributed by atoms with van der Waals surface area (Å²) in [5, 5.41) is 0. The van der Waals surface area contributed by atoms with E-state index in [1.54, 1.807) is 0 Å². The maximum Gasteiger partial charge on any atom is 0.302 e. The molecule has 4 aliphatic rings. The van der Waals surface area contributed by atoms with Gasteiger partial charge < -0.3 is 4.74 Å². The fourth-order valence-corrected chi connectivity index (χ4v) is 6.95. The van der Waals surface area contributed by atoms with Crippen LogP contribution in [0, 0.1) is 34.5 Å². The van der Waals surface area contributed by atoms with Gasteiger partial charge in [-0.05, 0) is 73.7 Å². The average molecular weight is 330 g/mol. The Morgan fingerprint density at radius 2 is 1.88 bits per heavy atom. The molecular weight excluding hydrogens is 300 g/mol. The van der Waals surface area contributed by atoms with E-state index in [1.807, 2.05) is 6.08 Å². The van der Waals surface area contributed by atoms with E-state index in [9.17, 15) is 9.59 Å². The summed E-state index contributed by atoms with van der Waals surface area (Å²) in [7, 11) is 0. The Bertz CT molecular complexity index is 594. The van der Waals surface area contributed by atoms with Crippen molar-refractivity contribution < 1.29 is 14.3 Å². The lowest BCUT2D eigenvalue weighted by Gasteiger charge is -2.57. The quantitative estimate of drug-likeness (QED) is 0.673. The summed E-state index contributed by atoms with van der Waals surface area (Å²) < 4.78 is 5.71. The van der Waals surface area contributed by atoms with Crippen LogP contribution in [-0.4, -0.2) is 17.9 Å². The van der Waals surface area contributed by atoms with E-state index in [1.165, 1.54) is 32.6 Å². The van der Waals surface area contributed by atoms with Crippen molar-refractivity contribution in [1.82, 2.24) is 0 Å². The number of rotatable bonds is 1. The SMILES string of the molecule is CC(=O)O[C@H]1CCC2C3CCC4(C)CC(=O)C=C[C@@H]4C3CCC21C. The van der Waals surface area contributed by atoms with Crippen LogP contribution in [0.3, 0.4) is 0 Å². The number of hydrogen-bond acceptors (Lipinski definition) is 3. The average Bonchev–Trinajstić information content (AvgIpc) is 2.82. The van der Waals surface area contributed by atoms with Gasteiger partial charge in [-0.1, -0.05) is 19.9 Å². The van der Waals surface area contributed by atoms with Gasteiger partial charge in [-0.3, -0.25) is 9.59 Å². The zero-order chi connectivity index (χ0) is 17.1. The molecule has 132 valence electrons. The molecule has 0 amide bonds. The first-order valence-corrected chi connectivity index (χ1v) is 9.72. The minimum atomic E-state index is -0.131. The zero-order valence-electron chi connectivity index (χ0n) is 15.2. The van der Waals surface area contributed by atoms with Crippen molar-refractivity contribution in [3.8, 4) is 0 Å². The molecule has 0 aromatic rings. The van der Waals surface area contributed by atoms with Gasteiger partial charge in [0.2, 0.25) is 0 Å². The molecule has 0 bridgehead atoms. The maximum atomic E-state index is 11.9. The lowest BCUT2D eigenvalue weighted by Crippen LogP contribution is -2.52. The van der Waals surface area contributed by atoms with Crippen LogP contribution in [0.15, 0.2) is 12.2 Å². The molecule has 3 heteroatoms. The van der Waals surface area contributed by atoms with Crippen LogP contribution in [0.1, 0.15) is 65.7 Å². The molecule has 5 unspecified atom stereocenters. The molecule has 3 fully saturated rings. The summed E-state index contributed by atoms with van der Waals surface area (Å²) >= 11 is 0. The molecular formula is C21H30O3. The molecule has 0 aromatic carbocycles. The Kier molecular flexibility index (Phi) is 3.71. The Morgan fingerprint density at radius 3 is 2.62 bits per heavy atom. The lowest BCUT2D eigenvalue weighted by atomic mass is 9.48. The van der Waals surface area contributed by atoms with Crippen LogP contribution >= 0.6 is 0 Å². The molecule has 4 rings (SSSR count). The Labute approximate surface area is 145 Å². The van der Waals surface area contributed by atoms with E-state index in [0.717, 1.165) is 25.2 Å². The minimum absolute atomic E-state index is 0.109. The maximum absolute atomic E-state index is 11.9. The highest BCUT2D eigenvalue weighted by Crippen LogP contribution is 2.64. The first kappa shape index (κ1) is 16.4. The van der Waals surface area contributed by atoms with Gasteiger partial charge in [-0.25, -0.2) is 0 Å². The minimum Gasteiger partial charge on any atom is -0.462 e. The molecule has 0 radical (unpaired) electrons. The van der Waals surface area contributed by atoms with Crippen molar-refractivity contribution in [2.75, 3.05) is 0 Å². The molecule has 3 nitrogen and oxygen atoms in total. The number of hydrogen-bond donors (Lipinski definition) is 0. The van der Waals surface area contributed by atoms with Crippen LogP contribution in [0.2, 0.25) is 0 Å². The summed E-state index contributed by atoms with van der Waals surface area (Å²) in [6.07, 6.45) is 11.9. The molecule has 3 saturated carbocycles. The molecule has 0 heterocycles. The third-order valence-corrected chi connectivity index (χ3v) is 8.10. The van der Waals surface area contributed by atoms with Crippen molar-refractivity contribution >= 4 is 11.8 Å². The fourth-order valence-electron chi connectivity index (χ4n) is 6.95. The number of allylic oxidation sites excluding steroid dienone is 2. The first-order valence-electron chi connectivity index (χ1n) is 9.72. The standard InChI is InChI=1S/C21H30O3/c1-13(22)24-19-7-6-18-16-8-10-20(2)12-14(23)4-5-17(20)15(16)9-11-21(18,19)3/h4-5,15-19H,6-12H2,1-3H3/t15?,16?,17-,18?,19+,20?,21?/m1/s1. The van der Waals surface area contributed by atoms with E-state index in [4.69, 9.17) is 4.74 Å². The van der Waals surface area contributed by atoms with Gasteiger partial charge in [0.1, 0.15) is 6.10 Å².